The van der Waals surface area contributed by atoms with E-state index < -0.39 is 0 Å². The molecule has 1 N–H and O–H groups in total. The largest absolute Gasteiger partial charge is 0.503 e. The number of ether oxygens (including phenoxy) is 1. The Morgan fingerprint density at radius 2 is 1.95 bits per heavy atom. The zero-order valence-corrected chi connectivity index (χ0v) is 16.0. The van der Waals surface area contributed by atoms with Crippen molar-refractivity contribution in [3.8, 4) is 11.5 Å². The van der Waals surface area contributed by atoms with Crippen LogP contribution in [0.5, 0.6) is 11.5 Å². The van der Waals surface area contributed by atoms with Crippen molar-refractivity contribution < 1.29 is 19.4 Å². The quantitative estimate of drug-likeness (QED) is 0.692. The van der Waals surface area contributed by atoms with Gasteiger partial charge in [0.05, 0.1) is 16.5 Å². The molecular weight excluding hydrogens is 438 g/mol. The van der Waals surface area contributed by atoms with Gasteiger partial charge in [0, 0.05) is 10.5 Å². The van der Waals surface area contributed by atoms with Crippen LogP contribution in [0.3, 0.4) is 0 Å². The number of hydrogen-bond donors (Lipinski definition) is 1. The molecule has 0 atom stereocenters. The first-order valence-corrected chi connectivity index (χ1v) is 8.70. The molecule has 1 aliphatic heterocycles. The highest BCUT2D eigenvalue weighted by Crippen LogP contribution is 2.43. The van der Waals surface area contributed by atoms with Crippen LogP contribution in [0.4, 0.5) is 4.79 Å². The smallest absolute Gasteiger partial charge is 0.293 e. The summed E-state index contributed by atoms with van der Waals surface area (Å²) in [5.74, 6) is -0.0914. The van der Waals surface area contributed by atoms with Crippen molar-refractivity contribution in [1.82, 2.24) is 4.90 Å². The highest BCUT2D eigenvalue weighted by molar-refractivity contribution is 9.13. The van der Waals surface area contributed by atoms with Gasteiger partial charge in [-0.05, 0) is 75.2 Å². The topological polar surface area (TPSA) is 66.8 Å². The Bertz CT molecular complexity index is 688. The summed E-state index contributed by atoms with van der Waals surface area (Å²) in [7, 11) is 1.44. The molecule has 1 aromatic carbocycles. The number of nitrogens with zero attached hydrogens (tertiary/aromatic N) is 1. The van der Waals surface area contributed by atoms with Crippen LogP contribution in [0.15, 0.2) is 19.9 Å². The Kier molecular flexibility index (Phi) is 5.24. The number of carbonyl (C=O) groups excluding carboxylic acids is 2. The van der Waals surface area contributed by atoms with Gasteiger partial charge in [0.2, 0.25) is 0 Å². The fourth-order valence-electron chi connectivity index (χ4n) is 1.94. The second-order valence-corrected chi connectivity index (χ2v) is 7.37. The van der Waals surface area contributed by atoms with Gasteiger partial charge < -0.3 is 9.84 Å². The van der Waals surface area contributed by atoms with Crippen LogP contribution in [0.2, 0.25) is 0 Å². The van der Waals surface area contributed by atoms with Crippen molar-refractivity contribution >= 4 is 60.8 Å². The van der Waals surface area contributed by atoms with Crippen molar-refractivity contribution in [2.45, 2.75) is 19.9 Å². The fraction of sp³-hybridized carbons (Fsp3) is 0.286. The molecule has 2 rings (SSSR count). The Morgan fingerprint density at radius 1 is 1.32 bits per heavy atom. The summed E-state index contributed by atoms with van der Waals surface area (Å²) in [6.45, 7) is 3.57. The number of imide groups is 1. The summed E-state index contributed by atoms with van der Waals surface area (Å²) in [6.07, 6.45) is 1.60. The third-order valence-corrected chi connectivity index (χ3v) is 6.06. The minimum atomic E-state index is -0.319. The number of benzene rings is 1. The molecule has 0 radical (unpaired) electrons. The molecule has 1 heterocycles. The second-order valence-electron chi connectivity index (χ2n) is 4.79. The molecule has 0 saturated carbocycles. The van der Waals surface area contributed by atoms with Gasteiger partial charge in [0.25, 0.3) is 11.1 Å². The SMILES string of the molecule is COc1cc(/C=C2/SC(=O)N(C(C)C)C2=O)c(Br)c(Br)c1O. The summed E-state index contributed by atoms with van der Waals surface area (Å²) in [5.41, 5.74) is 0.621. The van der Waals surface area contributed by atoms with Gasteiger partial charge in [-0.2, -0.15) is 0 Å². The van der Waals surface area contributed by atoms with Crippen LogP contribution in [0, 0.1) is 0 Å². The van der Waals surface area contributed by atoms with Crippen LogP contribution in [0.1, 0.15) is 19.4 Å². The maximum Gasteiger partial charge on any atom is 0.293 e. The number of carbonyl (C=O) groups is 2. The lowest BCUT2D eigenvalue weighted by Crippen LogP contribution is -2.34. The van der Waals surface area contributed by atoms with E-state index in [-0.39, 0.29) is 28.7 Å². The first-order chi connectivity index (χ1) is 10.3. The molecule has 0 spiro atoms. The van der Waals surface area contributed by atoms with Gasteiger partial charge in [0.15, 0.2) is 11.5 Å². The minimum Gasteiger partial charge on any atom is -0.503 e. The molecule has 0 unspecified atom stereocenters. The minimum absolute atomic E-state index is 0.0400. The van der Waals surface area contributed by atoms with Gasteiger partial charge in [-0.25, -0.2) is 0 Å². The predicted octanol–water partition coefficient (Wildman–Crippen LogP) is 4.37. The molecule has 5 nitrogen and oxygen atoms in total. The molecule has 0 bridgehead atoms. The molecule has 8 heteroatoms. The van der Waals surface area contributed by atoms with Crippen molar-refractivity contribution in [2.24, 2.45) is 0 Å². The number of halogens is 2. The average molecular weight is 451 g/mol. The number of phenols is 1. The van der Waals surface area contributed by atoms with E-state index in [0.717, 1.165) is 11.8 Å². The highest BCUT2D eigenvalue weighted by atomic mass is 79.9. The molecule has 1 saturated heterocycles. The number of phenolic OH excluding ortho intramolecular Hbond substituents is 1. The van der Waals surface area contributed by atoms with E-state index in [2.05, 4.69) is 31.9 Å². The number of thioether (sulfide) groups is 1. The lowest BCUT2D eigenvalue weighted by molar-refractivity contribution is -0.123. The van der Waals surface area contributed by atoms with Crippen LogP contribution in [-0.2, 0) is 4.79 Å². The average Bonchev–Trinajstić information content (AvgIpc) is 2.74. The molecule has 22 heavy (non-hydrogen) atoms. The molecular formula is C14H13Br2NO4S. The van der Waals surface area contributed by atoms with Crippen LogP contribution >= 0.6 is 43.6 Å². The molecule has 1 aromatic rings. The lowest BCUT2D eigenvalue weighted by atomic mass is 10.1. The highest BCUT2D eigenvalue weighted by Gasteiger charge is 2.36. The Morgan fingerprint density at radius 3 is 2.45 bits per heavy atom. The number of amides is 2. The molecule has 0 aliphatic carbocycles. The monoisotopic (exact) mass is 449 g/mol. The predicted molar refractivity (Wildman–Crippen MR) is 93.0 cm³/mol. The number of methoxy groups -OCH3 is 1. The van der Waals surface area contributed by atoms with E-state index in [1.807, 2.05) is 0 Å². The zero-order chi connectivity index (χ0) is 16.6. The third-order valence-electron chi connectivity index (χ3n) is 3.02. The normalized spacial score (nSPS) is 17.0. The van der Waals surface area contributed by atoms with Gasteiger partial charge in [-0.3, -0.25) is 14.5 Å². The second kappa shape index (κ2) is 6.64. The third kappa shape index (κ3) is 3.04. The Labute approximate surface area is 149 Å². The summed E-state index contributed by atoms with van der Waals surface area (Å²) >= 11 is 7.51. The van der Waals surface area contributed by atoms with Crippen molar-refractivity contribution in [1.29, 1.82) is 0 Å². The standard InChI is InChI=1S/C14H13Br2NO4S/c1-6(2)17-13(19)9(22-14(17)20)5-7-4-8(21-3)12(18)11(16)10(7)15/h4-6,18H,1-3H3/b9-5+. The van der Waals surface area contributed by atoms with Gasteiger partial charge >= 0.3 is 0 Å². The Balaban J connectivity index is 2.49. The summed E-state index contributed by atoms with van der Waals surface area (Å²) in [6, 6.07) is 1.40. The first kappa shape index (κ1) is 17.4. The van der Waals surface area contributed by atoms with E-state index in [0.29, 0.717) is 19.4 Å². The number of rotatable bonds is 3. The Hall–Kier alpha value is -0.990. The fourth-order valence-corrected chi connectivity index (χ4v) is 3.73. The van der Waals surface area contributed by atoms with Crippen LogP contribution < -0.4 is 4.74 Å². The molecule has 1 aliphatic rings. The molecule has 118 valence electrons. The molecule has 2 amide bonds. The van der Waals surface area contributed by atoms with Crippen molar-refractivity contribution in [3.63, 3.8) is 0 Å². The molecule has 0 aromatic heterocycles. The van der Waals surface area contributed by atoms with E-state index in [9.17, 15) is 14.7 Å². The summed E-state index contributed by atoms with van der Waals surface area (Å²) in [5, 5.41) is 9.63. The summed E-state index contributed by atoms with van der Waals surface area (Å²) in [4.78, 5) is 25.7. The van der Waals surface area contributed by atoms with E-state index in [4.69, 9.17) is 4.74 Å². The maximum atomic E-state index is 12.3. The van der Waals surface area contributed by atoms with E-state index in [1.54, 1.807) is 26.0 Å². The maximum absolute atomic E-state index is 12.3. The first-order valence-electron chi connectivity index (χ1n) is 6.30. The lowest BCUT2D eigenvalue weighted by Gasteiger charge is -2.16. The van der Waals surface area contributed by atoms with Crippen molar-refractivity contribution in [3.05, 3.63) is 25.5 Å². The van der Waals surface area contributed by atoms with Gasteiger partial charge in [-0.1, -0.05) is 0 Å². The number of hydrogen-bond acceptors (Lipinski definition) is 5. The van der Waals surface area contributed by atoms with Gasteiger partial charge in [-0.15, -0.1) is 0 Å². The zero-order valence-electron chi connectivity index (χ0n) is 12.0. The van der Waals surface area contributed by atoms with E-state index in [1.165, 1.54) is 12.0 Å². The van der Waals surface area contributed by atoms with Crippen LogP contribution in [-0.4, -0.2) is 34.3 Å². The van der Waals surface area contributed by atoms with Gasteiger partial charge in [0.1, 0.15) is 0 Å². The van der Waals surface area contributed by atoms with Crippen LogP contribution in [0.25, 0.3) is 6.08 Å². The van der Waals surface area contributed by atoms with Crippen molar-refractivity contribution in [2.75, 3.05) is 7.11 Å². The number of aromatic hydroxyl groups is 1. The molecule has 1 fully saturated rings. The van der Waals surface area contributed by atoms with E-state index >= 15 is 0 Å². The summed E-state index contributed by atoms with van der Waals surface area (Å²) < 4.78 is 6.08.